The van der Waals surface area contributed by atoms with Crippen molar-refractivity contribution < 1.29 is 4.79 Å². The van der Waals surface area contributed by atoms with Crippen LogP contribution in [0.2, 0.25) is 0 Å². The summed E-state index contributed by atoms with van der Waals surface area (Å²) in [7, 11) is 0. The van der Waals surface area contributed by atoms with E-state index in [1.807, 2.05) is 19.2 Å². The number of amides is 1. The Bertz CT molecular complexity index is 974. The van der Waals surface area contributed by atoms with Gasteiger partial charge in [-0.1, -0.05) is 49.4 Å². The van der Waals surface area contributed by atoms with Crippen LogP contribution in [0.3, 0.4) is 0 Å². The van der Waals surface area contributed by atoms with Crippen molar-refractivity contribution in [3.63, 3.8) is 0 Å². The molecule has 0 spiro atoms. The summed E-state index contributed by atoms with van der Waals surface area (Å²) in [6.07, 6.45) is 6.54. The van der Waals surface area contributed by atoms with Gasteiger partial charge in [-0.3, -0.25) is 9.78 Å². The van der Waals surface area contributed by atoms with Gasteiger partial charge in [0.05, 0.1) is 5.56 Å². The maximum absolute atomic E-state index is 12.2. The van der Waals surface area contributed by atoms with Crippen molar-refractivity contribution in [2.45, 2.75) is 38.8 Å². The fourth-order valence-electron chi connectivity index (χ4n) is 3.89. The van der Waals surface area contributed by atoms with E-state index >= 15 is 0 Å². The molecule has 1 aliphatic rings. The molecule has 1 heterocycles. The smallest absolute Gasteiger partial charge is 0.252 e. The summed E-state index contributed by atoms with van der Waals surface area (Å²) in [5.41, 5.74) is 6.80. The number of nitrogens with zero attached hydrogens (tertiary/aromatic N) is 1. The standard InChI is InChI=1S/C25H27N3O/c1-2-10-27-25(29)23-12-22(16-26-17-23)19-9-5-6-18(11-19)15-28-24-13-20-7-3-4-8-21(20)14-24/h3-9,11-12,16-17,24,28H,2,10,13-15H2,1H3,(H,27,29). The molecule has 2 aromatic carbocycles. The van der Waals surface area contributed by atoms with E-state index in [2.05, 4.69) is 64.1 Å². The molecule has 4 heteroatoms. The molecule has 2 N–H and O–H groups in total. The molecular weight excluding hydrogens is 358 g/mol. The van der Waals surface area contributed by atoms with E-state index in [1.54, 1.807) is 6.20 Å². The predicted octanol–water partition coefficient (Wildman–Crippen LogP) is 4.15. The molecule has 0 bridgehead atoms. The number of pyridine rings is 1. The Morgan fingerprint density at radius 2 is 1.79 bits per heavy atom. The van der Waals surface area contributed by atoms with Crippen molar-refractivity contribution in [2.24, 2.45) is 0 Å². The van der Waals surface area contributed by atoms with Gasteiger partial charge in [-0.15, -0.1) is 0 Å². The average molecular weight is 386 g/mol. The molecule has 0 saturated carbocycles. The van der Waals surface area contributed by atoms with Gasteiger partial charge in [-0.2, -0.15) is 0 Å². The molecule has 1 amide bonds. The Morgan fingerprint density at radius 3 is 2.55 bits per heavy atom. The van der Waals surface area contributed by atoms with E-state index in [0.29, 0.717) is 18.2 Å². The van der Waals surface area contributed by atoms with Gasteiger partial charge in [0.25, 0.3) is 5.91 Å². The minimum absolute atomic E-state index is 0.0696. The Labute approximate surface area is 172 Å². The van der Waals surface area contributed by atoms with Gasteiger partial charge in [-0.05, 0) is 53.6 Å². The highest BCUT2D eigenvalue weighted by Crippen LogP contribution is 2.23. The topological polar surface area (TPSA) is 54.0 Å². The fraction of sp³-hybridized carbons (Fsp3) is 0.280. The molecule has 4 nitrogen and oxygen atoms in total. The zero-order valence-electron chi connectivity index (χ0n) is 16.8. The lowest BCUT2D eigenvalue weighted by Gasteiger charge is -2.13. The molecule has 1 aliphatic carbocycles. The Morgan fingerprint density at radius 1 is 1.00 bits per heavy atom. The maximum atomic E-state index is 12.2. The van der Waals surface area contributed by atoms with Gasteiger partial charge in [0.1, 0.15) is 0 Å². The van der Waals surface area contributed by atoms with Crippen LogP contribution in [0.15, 0.2) is 67.0 Å². The Kier molecular flexibility index (Phi) is 6.01. The minimum Gasteiger partial charge on any atom is -0.352 e. The van der Waals surface area contributed by atoms with Gasteiger partial charge in [0.15, 0.2) is 0 Å². The Balaban J connectivity index is 1.42. The minimum atomic E-state index is -0.0696. The van der Waals surface area contributed by atoms with Crippen LogP contribution in [0.5, 0.6) is 0 Å². The van der Waals surface area contributed by atoms with Crippen molar-refractivity contribution in [1.82, 2.24) is 15.6 Å². The molecule has 0 atom stereocenters. The Hall–Kier alpha value is -2.98. The number of benzene rings is 2. The number of hydrogen-bond acceptors (Lipinski definition) is 3. The summed E-state index contributed by atoms with van der Waals surface area (Å²) < 4.78 is 0. The van der Waals surface area contributed by atoms with Crippen molar-refractivity contribution in [2.75, 3.05) is 6.54 Å². The number of hydrogen-bond donors (Lipinski definition) is 2. The fourth-order valence-corrected chi connectivity index (χ4v) is 3.89. The van der Waals surface area contributed by atoms with Gasteiger partial charge in [0.2, 0.25) is 0 Å². The second-order valence-electron chi connectivity index (χ2n) is 7.67. The van der Waals surface area contributed by atoms with Crippen LogP contribution in [0.25, 0.3) is 11.1 Å². The molecule has 3 aromatic rings. The number of carbonyl (C=O) groups excluding carboxylic acids is 1. The first-order valence-corrected chi connectivity index (χ1v) is 10.4. The number of nitrogens with one attached hydrogen (secondary N) is 2. The van der Waals surface area contributed by atoms with Crippen LogP contribution in [0.1, 0.15) is 40.4 Å². The third-order valence-corrected chi connectivity index (χ3v) is 5.44. The van der Waals surface area contributed by atoms with E-state index in [0.717, 1.165) is 36.9 Å². The van der Waals surface area contributed by atoms with E-state index in [1.165, 1.54) is 16.7 Å². The lowest BCUT2D eigenvalue weighted by atomic mass is 10.0. The van der Waals surface area contributed by atoms with E-state index in [9.17, 15) is 4.79 Å². The zero-order chi connectivity index (χ0) is 20.1. The molecule has 4 rings (SSSR count). The average Bonchev–Trinajstić information content (AvgIpc) is 3.19. The first-order chi connectivity index (χ1) is 14.2. The molecule has 1 aromatic heterocycles. The van der Waals surface area contributed by atoms with Crippen molar-refractivity contribution in [1.29, 1.82) is 0 Å². The van der Waals surface area contributed by atoms with E-state index in [-0.39, 0.29) is 5.91 Å². The van der Waals surface area contributed by atoms with Crippen LogP contribution < -0.4 is 10.6 Å². The SMILES string of the molecule is CCCNC(=O)c1cncc(-c2cccc(CNC3Cc4ccccc4C3)c2)c1. The second-order valence-corrected chi connectivity index (χ2v) is 7.67. The summed E-state index contributed by atoms with van der Waals surface area (Å²) in [5.74, 6) is -0.0696. The van der Waals surface area contributed by atoms with Crippen molar-refractivity contribution in [3.05, 3.63) is 89.2 Å². The number of rotatable bonds is 7. The molecule has 0 aliphatic heterocycles. The highest BCUT2D eigenvalue weighted by molar-refractivity contribution is 5.95. The molecule has 0 radical (unpaired) electrons. The lowest BCUT2D eigenvalue weighted by molar-refractivity contribution is 0.0953. The lowest BCUT2D eigenvalue weighted by Crippen LogP contribution is -2.28. The van der Waals surface area contributed by atoms with Gasteiger partial charge < -0.3 is 10.6 Å². The van der Waals surface area contributed by atoms with Crippen molar-refractivity contribution in [3.8, 4) is 11.1 Å². The number of carbonyl (C=O) groups is 1. The molecular formula is C25H27N3O. The van der Waals surface area contributed by atoms with Gasteiger partial charge in [-0.25, -0.2) is 0 Å². The third kappa shape index (κ3) is 4.72. The van der Waals surface area contributed by atoms with Crippen LogP contribution in [-0.2, 0) is 19.4 Å². The quantitative estimate of drug-likeness (QED) is 0.643. The van der Waals surface area contributed by atoms with Gasteiger partial charge >= 0.3 is 0 Å². The summed E-state index contributed by atoms with van der Waals surface area (Å²) in [4.78, 5) is 16.5. The first-order valence-electron chi connectivity index (χ1n) is 10.4. The highest BCUT2D eigenvalue weighted by atomic mass is 16.1. The summed E-state index contributed by atoms with van der Waals surface area (Å²) in [5, 5.41) is 6.61. The number of fused-ring (bicyclic) bond motifs is 1. The maximum Gasteiger partial charge on any atom is 0.252 e. The largest absolute Gasteiger partial charge is 0.352 e. The zero-order valence-corrected chi connectivity index (χ0v) is 16.8. The van der Waals surface area contributed by atoms with Crippen LogP contribution >= 0.6 is 0 Å². The van der Waals surface area contributed by atoms with Crippen molar-refractivity contribution >= 4 is 5.91 Å². The predicted molar refractivity (Wildman–Crippen MR) is 117 cm³/mol. The van der Waals surface area contributed by atoms with E-state index in [4.69, 9.17) is 0 Å². The third-order valence-electron chi connectivity index (χ3n) is 5.44. The summed E-state index contributed by atoms with van der Waals surface area (Å²) in [6, 6.07) is 19.6. The number of aromatic nitrogens is 1. The summed E-state index contributed by atoms with van der Waals surface area (Å²) in [6.45, 7) is 3.55. The highest BCUT2D eigenvalue weighted by Gasteiger charge is 2.20. The monoisotopic (exact) mass is 385 g/mol. The molecule has 148 valence electrons. The first kappa shape index (κ1) is 19.3. The molecule has 0 fully saturated rings. The van der Waals surface area contributed by atoms with E-state index < -0.39 is 0 Å². The molecule has 0 saturated heterocycles. The normalized spacial score (nSPS) is 13.3. The molecule has 29 heavy (non-hydrogen) atoms. The summed E-state index contributed by atoms with van der Waals surface area (Å²) >= 11 is 0. The molecule has 0 unspecified atom stereocenters. The van der Waals surface area contributed by atoms with Gasteiger partial charge in [0, 0.05) is 37.1 Å². The second kappa shape index (κ2) is 9.01. The van der Waals surface area contributed by atoms with Crippen LogP contribution in [-0.4, -0.2) is 23.5 Å². The van der Waals surface area contributed by atoms with Crippen LogP contribution in [0, 0.1) is 0 Å². The van der Waals surface area contributed by atoms with Crippen LogP contribution in [0.4, 0.5) is 0 Å².